The van der Waals surface area contributed by atoms with Crippen molar-refractivity contribution in [3.05, 3.63) is 83.2 Å². The van der Waals surface area contributed by atoms with Crippen LogP contribution >= 0.6 is 0 Å². The first kappa shape index (κ1) is 17.9. The highest BCUT2D eigenvalue weighted by Crippen LogP contribution is 2.37. The molecule has 0 radical (unpaired) electrons. The second kappa shape index (κ2) is 7.24. The van der Waals surface area contributed by atoms with Crippen LogP contribution in [0.15, 0.2) is 77.6 Å². The minimum absolute atomic E-state index is 0.0151. The summed E-state index contributed by atoms with van der Waals surface area (Å²) in [6.07, 6.45) is 0. The highest BCUT2D eigenvalue weighted by atomic mass is 16.5. The van der Waals surface area contributed by atoms with E-state index in [2.05, 4.69) is 0 Å². The van der Waals surface area contributed by atoms with Gasteiger partial charge in [0.1, 0.15) is 11.5 Å². The van der Waals surface area contributed by atoms with Crippen LogP contribution in [0.25, 0.3) is 33.2 Å². The lowest BCUT2D eigenvalue weighted by Gasteiger charge is -2.18. The third-order valence-electron chi connectivity index (χ3n) is 5.05. The summed E-state index contributed by atoms with van der Waals surface area (Å²) in [5.41, 5.74) is 3.86. The van der Waals surface area contributed by atoms with Gasteiger partial charge in [-0.2, -0.15) is 0 Å². The molecule has 4 rings (SSSR count). The maximum Gasteiger partial charge on any atom is 0.258 e. The van der Waals surface area contributed by atoms with Crippen LogP contribution < -0.4 is 15.0 Å². The normalized spacial score (nSPS) is 10.8. The van der Waals surface area contributed by atoms with Gasteiger partial charge in [-0.05, 0) is 59.0 Å². The predicted octanol–water partition coefficient (Wildman–Crippen LogP) is 4.89. The number of benzene rings is 3. The summed E-state index contributed by atoms with van der Waals surface area (Å²) in [7, 11) is 5.12. The third-order valence-corrected chi connectivity index (χ3v) is 5.05. The molecule has 0 saturated heterocycles. The van der Waals surface area contributed by atoms with Crippen molar-refractivity contribution in [2.75, 3.05) is 14.2 Å². The molecule has 3 aromatic carbocycles. The summed E-state index contributed by atoms with van der Waals surface area (Å²) in [6.45, 7) is 0. The molecule has 0 aliphatic carbocycles. The third kappa shape index (κ3) is 2.93. The van der Waals surface area contributed by atoms with E-state index in [0.717, 1.165) is 39.3 Å². The first-order valence-electron chi connectivity index (χ1n) is 9.04. The summed E-state index contributed by atoms with van der Waals surface area (Å²) >= 11 is 0. The van der Waals surface area contributed by atoms with Crippen LogP contribution in [-0.4, -0.2) is 18.8 Å². The Kier molecular flexibility index (Phi) is 4.62. The lowest BCUT2D eigenvalue weighted by Crippen LogP contribution is -2.19. The fourth-order valence-electron chi connectivity index (χ4n) is 3.60. The number of hydrogen-bond donors (Lipinski definition) is 0. The number of aromatic nitrogens is 1. The Hall–Kier alpha value is -3.53. The number of rotatable bonds is 4. The van der Waals surface area contributed by atoms with Crippen LogP contribution in [0, 0.1) is 0 Å². The molecule has 28 heavy (non-hydrogen) atoms. The van der Waals surface area contributed by atoms with E-state index in [-0.39, 0.29) is 5.56 Å². The van der Waals surface area contributed by atoms with E-state index in [9.17, 15) is 4.79 Å². The van der Waals surface area contributed by atoms with Gasteiger partial charge in [-0.15, -0.1) is 0 Å². The standard InChI is InChI=1S/C24H21NO3/c1-25-23(17-10-14-19(28-3)15-11-17)22(16-8-12-18(27-2)13-9-16)20-6-4-5-7-21(20)24(25)26/h4-15H,1-3H3. The molecule has 0 aliphatic heterocycles. The van der Waals surface area contributed by atoms with Crippen molar-refractivity contribution in [3.63, 3.8) is 0 Å². The fraction of sp³-hybridized carbons (Fsp3) is 0.125. The van der Waals surface area contributed by atoms with Gasteiger partial charge in [-0.25, -0.2) is 0 Å². The number of fused-ring (bicyclic) bond motifs is 1. The van der Waals surface area contributed by atoms with Crippen LogP contribution in [-0.2, 0) is 7.05 Å². The van der Waals surface area contributed by atoms with Crippen molar-refractivity contribution in [2.45, 2.75) is 0 Å². The van der Waals surface area contributed by atoms with Crippen LogP contribution in [0.3, 0.4) is 0 Å². The first-order valence-corrected chi connectivity index (χ1v) is 9.04. The van der Waals surface area contributed by atoms with E-state index in [0.29, 0.717) is 5.39 Å². The van der Waals surface area contributed by atoms with Gasteiger partial charge < -0.3 is 14.0 Å². The van der Waals surface area contributed by atoms with Crippen LogP contribution in [0.1, 0.15) is 0 Å². The average Bonchev–Trinajstić information content (AvgIpc) is 2.76. The zero-order valence-electron chi connectivity index (χ0n) is 16.1. The van der Waals surface area contributed by atoms with Gasteiger partial charge in [0.05, 0.1) is 19.9 Å². The minimum Gasteiger partial charge on any atom is -0.497 e. The van der Waals surface area contributed by atoms with E-state index in [1.54, 1.807) is 18.8 Å². The zero-order valence-corrected chi connectivity index (χ0v) is 16.1. The molecular weight excluding hydrogens is 350 g/mol. The number of pyridine rings is 1. The minimum atomic E-state index is -0.0151. The molecule has 0 aliphatic rings. The number of ether oxygens (including phenoxy) is 2. The molecule has 1 heterocycles. The molecule has 140 valence electrons. The van der Waals surface area contributed by atoms with E-state index < -0.39 is 0 Å². The monoisotopic (exact) mass is 371 g/mol. The van der Waals surface area contributed by atoms with Gasteiger partial charge in [0.25, 0.3) is 5.56 Å². The molecule has 4 nitrogen and oxygen atoms in total. The molecule has 0 unspecified atom stereocenters. The summed E-state index contributed by atoms with van der Waals surface area (Å²) < 4.78 is 12.3. The smallest absolute Gasteiger partial charge is 0.258 e. The summed E-state index contributed by atoms with van der Waals surface area (Å²) in [5, 5.41) is 1.63. The summed E-state index contributed by atoms with van der Waals surface area (Å²) in [4.78, 5) is 13.0. The van der Waals surface area contributed by atoms with Gasteiger partial charge in [0.2, 0.25) is 0 Å². The molecule has 1 aromatic heterocycles. The molecule has 0 amide bonds. The van der Waals surface area contributed by atoms with E-state index in [1.165, 1.54) is 0 Å². The lowest BCUT2D eigenvalue weighted by atomic mass is 9.93. The Balaban J connectivity index is 2.09. The second-order valence-corrected chi connectivity index (χ2v) is 6.59. The molecule has 0 N–H and O–H groups in total. The van der Waals surface area contributed by atoms with Crippen LogP contribution in [0.2, 0.25) is 0 Å². The van der Waals surface area contributed by atoms with Gasteiger partial charge in [-0.1, -0.05) is 30.3 Å². The maximum atomic E-state index is 13.0. The molecular formula is C24H21NO3. The first-order chi connectivity index (χ1) is 13.6. The van der Waals surface area contributed by atoms with Crippen LogP contribution in [0.5, 0.6) is 11.5 Å². The Morgan fingerprint density at radius 1 is 0.679 bits per heavy atom. The molecule has 4 aromatic rings. The molecule has 0 atom stereocenters. The molecule has 0 bridgehead atoms. The highest BCUT2D eigenvalue weighted by Gasteiger charge is 2.17. The van der Waals surface area contributed by atoms with Gasteiger partial charge >= 0.3 is 0 Å². The van der Waals surface area contributed by atoms with Crippen molar-refractivity contribution in [1.82, 2.24) is 4.57 Å². The molecule has 0 saturated carbocycles. The van der Waals surface area contributed by atoms with Crippen molar-refractivity contribution in [1.29, 1.82) is 0 Å². The SMILES string of the molecule is COc1ccc(-c2c(-c3ccc(OC)cc3)n(C)c(=O)c3ccccc23)cc1. The van der Waals surface area contributed by atoms with E-state index in [1.807, 2.05) is 79.8 Å². The van der Waals surface area contributed by atoms with Gasteiger partial charge in [-0.3, -0.25) is 4.79 Å². The molecule has 0 fully saturated rings. The summed E-state index contributed by atoms with van der Waals surface area (Å²) in [6, 6.07) is 23.5. The van der Waals surface area contributed by atoms with Crippen LogP contribution in [0.4, 0.5) is 0 Å². The maximum absolute atomic E-state index is 13.0. The van der Waals surface area contributed by atoms with Gasteiger partial charge in [0, 0.05) is 18.0 Å². The fourth-order valence-corrected chi connectivity index (χ4v) is 3.60. The Morgan fingerprint density at radius 2 is 1.18 bits per heavy atom. The van der Waals surface area contributed by atoms with Crippen molar-refractivity contribution in [3.8, 4) is 33.9 Å². The Labute approximate surface area is 163 Å². The number of methoxy groups -OCH3 is 2. The largest absolute Gasteiger partial charge is 0.497 e. The van der Waals surface area contributed by atoms with Crippen molar-refractivity contribution >= 4 is 10.8 Å². The molecule has 4 heteroatoms. The topological polar surface area (TPSA) is 40.5 Å². The van der Waals surface area contributed by atoms with Crippen molar-refractivity contribution in [2.24, 2.45) is 7.05 Å². The Bertz CT molecular complexity index is 1190. The van der Waals surface area contributed by atoms with E-state index >= 15 is 0 Å². The quantitative estimate of drug-likeness (QED) is 0.513. The van der Waals surface area contributed by atoms with E-state index in [4.69, 9.17) is 9.47 Å². The summed E-state index contributed by atoms with van der Waals surface area (Å²) in [5.74, 6) is 1.57. The highest BCUT2D eigenvalue weighted by molar-refractivity contribution is 6.02. The van der Waals surface area contributed by atoms with Crippen molar-refractivity contribution < 1.29 is 9.47 Å². The molecule has 0 spiro atoms. The number of hydrogen-bond acceptors (Lipinski definition) is 3. The second-order valence-electron chi connectivity index (χ2n) is 6.59. The van der Waals surface area contributed by atoms with Gasteiger partial charge in [0.15, 0.2) is 0 Å². The Morgan fingerprint density at radius 3 is 1.71 bits per heavy atom. The predicted molar refractivity (Wildman–Crippen MR) is 113 cm³/mol. The average molecular weight is 371 g/mol. The number of nitrogens with zero attached hydrogens (tertiary/aromatic N) is 1. The lowest BCUT2D eigenvalue weighted by molar-refractivity contribution is 0.414. The zero-order chi connectivity index (χ0) is 19.7.